The Morgan fingerprint density at radius 3 is 2.38 bits per heavy atom. The number of ether oxygens (including phenoxy) is 2. The van der Waals surface area contributed by atoms with Gasteiger partial charge in [-0.2, -0.15) is 0 Å². The monoisotopic (exact) mass is 357 g/mol. The molecule has 6 heteroatoms. The van der Waals surface area contributed by atoms with Crippen LogP contribution in [0.1, 0.15) is 40.9 Å². The Kier molecular flexibility index (Phi) is 6.60. The summed E-state index contributed by atoms with van der Waals surface area (Å²) < 4.78 is 10.5. The molecule has 2 rings (SSSR count). The molecule has 0 aromatic heterocycles. The minimum atomic E-state index is -1.01. The number of aliphatic carboxylic acids is 1. The zero-order valence-corrected chi connectivity index (χ0v) is 15.1. The zero-order valence-electron chi connectivity index (χ0n) is 15.1. The first-order valence-electron chi connectivity index (χ1n) is 8.32. The molecule has 2 aromatic rings. The second-order valence-corrected chi connectivity index (χ2v) is 5.75. The van der Waals surface area contributed by atoms with Crippen LogP contribution in [0.25, 0.3) is 0 Å². The van der Waals surface area contributed by atoms with Crippen LogP contribution in [0.2, 0.25) is 0 Å². The summed E-state index contributed by atoms with van der Waals surface area (Å²) in [5, 5.41) is 12.1. The molecule has 0 bridgehead atoms. The standard InChI is InChI=1S/C20H23NO5/c1-4-13-7-5-6-8-15(13)20(24)21-16(12-19(22)23)14-9-10-17(25-2)18(11-14)26-3/h5-11,16H,4,12H2,1-3H3,(H,21,24)(H,22,23). The van der Waals surface area contributed by atoms with E-state index in [0.717, 1.165) is 5.56 Å². The third-order valence-corrected chi connectivity index (χ3v) is 4.14. The lowest BCUT2D eigenvalue weighted by Crippen LogP contribution is -2.30. The number of amides is 1. The van der Waals surface area contributed by atoms with E-state index in [1.54, 1.807) is 30.3 Å². The number of aryl methyl sites for hydroxylation is 1. The van der Waals surface area contributed by atoms with Crippen LogP contribution in [0.5, 0.6) is 11.5 Å². The van der Waals surface area contributed by atoms with Gasteiger partial charge in [0.2, 0.25) is 0 Å². The molecule has 1 atom stereocenters. The summed E-state index contributed by atoms with van der Waals surface area (Å²) in [6, 6.07) is 11.7. The van der Waals surface area contributed by atoms with Gasteiger partial charge in [-0.3, -0.25) is 9.59 Å². The first kappa shape index (κ1) is 19.3. The van der Waals surface area contributed by atoms with E-state index in [1.807, 2.05) is 19.1 Å². The molecule has 0 heterocycles. The van der Waals surface area contributed by atoms with E-state index in [2.05, 4.69) is 5.32 Å². The molecule has 2 N–H and O–H groups in total. The first-order valence-corrected chi connectivity index (χ1v) is 8.32. The smallest absolute Gasteiger partial charge is 0.305 e. The highest BCUT2D eigenvalue weighted by atomic mass is 16.5. The summed E-state index contributed by atoms with van der Waals surface area (Å²) in [5.41, 5.74) is 2.09. The fourth-order valence-corrected chi connectivity index (χ4v) is 2.78. The highest BCUT2D eigenvalue weighted by Gasteiger charge is 2.21. The summed E-state index contributed by atoms with van der Waals surface area (Å²) >= 11 is 0. The normalized spacial score (nSPS) is 11.5. The van der Waals surface area contributed by atoms with Crippen molar-refractivity contribution in [2.75, 3.05) is 14.2 Å². The number of carbonyl (C=O) groups is 2. The predicted molar refractivity (Wildman–Crippen MR) is 97.8 cm³/mol. The Bertz CT molecular complexity index is 788. The van der Waals surface area contributed by atoms with Crippen molar-refractivity contribution in [3.05, 3.63) is 59.2 Å². The van der Waals surface area contributed by atoms with Crippen molar-refractivity contribution in [1.82, 2.24) is 5.32 Å². The lowest BCUT2D eigenvalue weighted by atomic mass is 10.0. The number of nitrogens with one attached hydrogen (secondary N) is 1. The average Bonchev–Trinajstić information content (AvgIpc) is 2.66. The van der Waals surface area contributed by atoms with Gasteiger partial charge in [0.15, 0.2) is 11.5 Å². The molecular weight excluding hydrogens is 334 g/mol. The lowest BCUT2D eigenvalue weighted by molar-refractivity contribution is -0.137. The molecule has 0 aliphatic heterocycles. The quantitative estimate of drug-likeness (QED) is 0.758. The molecule has 0 saturated heterocycles. The number of carboxylic acid groups (broad SMARTS) is 1. The van der Waals surface area contributed by atoms with Crippen LogP contribution in [0.3, 0.4) is 0 Å². The summed E-state index contributed by atoms with van der Waals surface area (Å²) in [7, 11) is 3.03. The molecule has 0 radical (unpaired) electrons. The molecule has 1 amide bonds. The van der Waals surface area contributed by atoms with Gasteiger partial charge >= 0.3 is 5.97 Å². The second-order valence-electron chi connectivity index (χ2n) is 5.75. The fourth-order valence-electron chi connectivity index (χ4n) is 2.78. The first-order chi connectivity index (χ1) is 12.5. The largest absolute Gasteiger partial charge is 0.493 e. The van der Waals surface area contributed by atoms with Gasteiger partial charge in [0, 0.05) is 5.56 Å². The molecule has 0 fully saturated rings. The van der Waals surface area contributed by atoms with Crippen LogP contribution >= 0.6 is 0 Å². The highest BCUT2D eigenvalue weighted by molar-refractivity contribution is 5.96. The number of carboxylic acids is 1. The van der Waals surface area contributed by atoms with Crippen LogP contribution in [0.15, 0.2) is 42.5 Å². The maximum atomic E-state index is 12.7. The molecule has 1 unspecified atom stereocenters. The van der Waals surface area contributed by atoms with E-state index in [-0.39, 0.29) is 12.3 Å². The molecule has 0 saturated carbocycles. The fraction of sp³-hybridized carbons (Fsp3) is 0.300. The number of benzene rings is 2. The van der Waals surface area contributed by atoms with Gasteiger partial charge in [-0.15, -0.1) is 0 Å². The predicted octanol–water partition coefficient (Wildman–Crippen LogP) is 3.21. The molecular formula is C20H23NO5. The molecule has 0 spiro atoms. The van der Waals surface area contributed by atoms with E-state index in [9.17, 15) is 14.7 Å². The number of hydrogen-bond donors (Lipinski definition) is 2. The SMILES string of the molecule is CCc1ccccc1C(=O)NC(CC(=O)O)c1ccc(OC)c(OC)c1. The van der Waals surface area contributed by atoms with Gasteiger partial charge < -0.3 is 19.9 Å². The summed E-state index contributed by atoms with van der Waals surface area (Å²) in [4.78, 5) is 24.0. The van der Waals surface area contributed by atoms with Gasteiger partial charge in [0.25, 0.3) is 5.91 Å². The molecule has 26 heavy (non-hydrogen) atoms. The van der Waals surface area contributed by atoms with Gasteiger partial charge in [-0.25, -0.2) is 0 Å². The second kappa shape index (κ2) is 8.89. The zero-order chi connectivity index (χ0) is 19.1. The highest BCUT2D eigenvalue weighted by Crippen LogP contribution is 2.31. The molecule has 6 nitrogen and oxygen atoms in total. The van der Waals surface area contributed by atoms with E-state index >= 15 is 0 Å². The number of methoxy groups -OCH3 is 2. The molecule has 2 aromatic carbocycles. The van der Waals surface area contributed by atoms with Gasteiger partial charge in [-0.05, 0) is 35.7 Å². The van der Waals surface area contributed by atoms with Crippen molar-refractivity contribution in [3.63, 3.8) is 0 Å². The van der Waals surface area contributed by atoms with Gasteiger partial charge in [0.1, 0.15) is 0 Å². The molecule has 0 aliphatic rings. The Hall–Kier alpha value is -3.02. The van der Waals surface area contributed by atoms with Crippen molar-refractivity contribution in [3.8, 4) is 11.5 Å². The van der Waals surface area contributed by atoms with Crippen molar-refractivity contribution in [1.29, 1.82) is 0 Å². The minimum absolute atomic E-state index is 0.241. The summed E-state index contributed by atoms with van der Waals surface area (Å²) in [6.07, 6.45) is 0.471. The van der Waals surface area contributed by atoms with Crippen molar-refractivity contribution < 1.29 is 24.2 Å². The third-order valence-electron chi connectivity index (χ3n) is 4.14. The van der Waals surface area contributed by atoms with Crippen molar-refractivity contribution >= 4 is 11.9 Å². The third kappa shape index (κ3) is 4.53. The van der Waals surface area contributed by atoms with Gasteiger partial charge in [0.05, 0.1) is 26.7 Å². The molecule has 138 valence electrons. The average molecular weight is 357 g/mol. The van der Waals surface area contributed by atoms with E-state index in [1.165, 1.54) is 14.2 Å². The lowest BCUT2D eigenvalue weighted by Gasteiger charge is -2.20. The molecule has 0 aliphatic carbocycles. The van der Waals surface area contributed by atoms with Crippen LogP contribution < -0.4 is 14.8 Å². The minimum Gasteiger partial charge on any atom is -0.493 e. The number of hydrogen-bond acceptors (Lipinski definition) is 4. The van der Waals surface area contributed by atoms with Crippen LogP contribution in [0.4, 0.5) is 0 Å². The Labute approximate surface area is 152 Å². The maximum absolute atomic E-state index is 12.7. The Morgan fingerprint density at radius 1 is 1.08 bits per heavy atom. The van der Waals surface area contributed by atoms with E-state index in [0.29, 0.717) is 29.0 Å². The number of carbonyl (C=O) groups excluding carboxylic acids is 1. The number of rotatable bonds is 8. The van der Waals surface area contributed by atoms with E-state index in [4.69, 9.17) is 9.47 Å². The van der Waals surface area contributed by atoms with Crippen LogP contribution in [-0.2, 0) is 11.2 Å². The van der Waals surface area contributed by atoms with Crippen LogP contribution in [0, 0.1) is 0 Å². The van der Waals surface area contributed by atoms with E-state index < -0.39 is 12.0 Å². The van der Waals surface area contributed by atoms with Crippen molar-refractivity contribution in [2.45, 2.75) is 25.8 Å². The van der Waals surface area contributed by atoms with Crippen LogP contribution in [-0.4, -0.2) is 31.2 Å². The van der Waals surface area contributed by atoms with Gasteiger partial charge in [-0.1, -0.05) is 31.2 Å². The summed E-state index contributed by atoms with van der Waals surface area (Å²) in [6.45, 7) is 1.97. The maximum Gasteiger partial charge on any atom is 0.305 e. The Morgan fingerprint density at radius 2 is 1.77 bits per heavy atom. The summed E-state index contributed by atoms with van der Waals surface area (Å²) in [5.74, 6) is -0.297. The Balaban J connectivity index is 2.33. The van der Waals surface area contributed by atoms with Crippen molar-refractivity contribution in [2.24, 2.45) is 0 Å². The topological polar surface area (TPSA) is 84.9 Å².